The van der Waals surface area contributed by atoms with Crippen LogP contribution in [0.15, 0.2) is 12.1 Å². The lowest BCUT2D eigenvalue weighted by atomic mass is 10.1. The van der Waals surface area contributed by atoms with Gasteiger partial charge in [0, 0.05) is 17.4 Å². The van der Waals surface area contributed by atoms with Crippen LogP contribution < -0.4 is 11.1 Å². The van der Waals surface area contributed by atoms with E-state index in [1.165, 1.54) is 5.56 Å². The van der Waals surface area contributed by atoms with Gasteiger partial charge in [-0.2, -0.15) is 0 Å². The first-order valence-electron chi connectivity index (χ1n) is 4.64. The Labute approximate surface area is 80.1 Å². The molecule has 2 nitrogen and oxygen atoms in total. The van der Waals surface area contributed by atoms with Crippen LogP contribution in [0.4, 0.5) is 11.4 Å². The molecule has 0 saturated carbocycles. The molecule has 13 heavy (non-hydrogen) atoms. The fourth-order valence-electron chi connectivity index (χ4n) is 1.34. The minimum absolute atomic E-state index is 0.445. The molecule has 1 aromatic rings. The summed E-state index contributed by atoms with van der Waals surface area (Å²) in [6.45, 7) is 8.36. The van der Waals surface area contributed by atoms with Crippen LogP contribution in [0.25, 0.3) is 0 Å². The Morgan fingerprint density at radius 3 is 2.31 bits per heavy atom. The molecular weight excluding hydrogens is 160 g/mol. The van der Waals surface area contributed by atoms with Crippen LogP contribution in [0, 0.1) is 13.8 Å². The third-order valence-corrected chi connectivity index (χ3v) is 2.06. The molecular formula is C11H18N2. The predicted octanol–water partition coefficient (Wildman–Crippen LogP) is 2.71. The molecule has 0 bridgehead atoms. The molecule has 1 rings (SSSR count). The number of rotatable bonds is 2. The van der Waals surface area contributed by atoms with E-state index in [2.05, 4.69) is 32.2 Å². The number of anilines is 2. The largest absolute Gasteiger partial charge is 0.398 e. The Hall–Kier alpha value is -1.18. The maximum absolute atomic E-state index is 5.83. The Kier molecular flexibility index (Phi) is 2.81. The topological polar surface area (TPSA) is 38.0 Å². The maximum Gasteiger partial charge on any atom is 0.0392 e. The molecule has 0 aliphatic heterocycles. The van der Waals surface area contributed by atoms with Crippen molar-refractivity contribution in [3.05, 3.63) is 23.3 Å². The lowest BCUT2D eigenvalue weighted by Crippen LogP contribution is -2.11. The fraction of sp³-hybridized carbons (Fsp3) is 0.455. The van der Waals surface area contributed by atoms with Crippen LogP contribution >= 0.6 is 0 Å². The molecule has 1 aromatic carbocycles. The van der Waals surface area contributed by atoms with Gasteiger partial charge in [-0.05, 0) is 44.9 Å². The van der Waals surface area contributed by atoms with Gasteiger partial charge in [-0.15, -0.1) is 0 Å². The van der Waals surface area contributed by atoms with Crippen molar-refractivity contribution in [2.45, 2.75) is 33.7 Å². The van der Waals surface area contributed by atoms with Crippen molar-refractivity contribution in [3.63, 3.8) is 0 Å². The molecule has 0 unspecified atom stereocenters. The van der Waals surface area contributed by atoms with E-state index in [1.54, 1.807) is 0 Å². The van der Waals surface area contributed by atoms with Gasteiger partial charge >= 0.3 is 0 Å². The van der Waals surface area contributed by atoms with Crippen molar-refractivity contribution in [1.82, 2.24) is 0 Å². The highest BCUT2D eigenvalue weighted by Crippen LogP contribution is 2.22. The number of aryl methyl sites for hydroxylation is 2. The second kappa shape index (κ2) is 3.69. The highest BCUT2D eigenvalue weighted by molar-refractivity contribution is 5.63. The van der Waals surface area contributed by atoms with Gasteiger partial charge in [-0.1, -0.05) is 6.07 Å². The van der Waals surface area contributed by atoms with Crippen LogP contribution in [0.2, 0.25) is 0 Å². The van der Waals surface area contributed by atoms with Crippen molar-refractivity contribution in [3.8, 4) is 0 Å². The third kappa shape index (κ3) is 2.38. The van der Waals surface area contributed by atoms with Crippen LogP contribution in [-0.2, 0) is 0 Å². The fourth-order valence-corrected chi connectivity index (χ4v) is 1.34. The van der Waals surface area contributed by atoms with Gasteiger partial charge in [-0.3, -0.25) is 0 Å². The highest BCUT2D eigenvalue weighted by Gasteiger charge is 2.02. The summed E-state index contributed by atoms with van der Waals surface area (Å²) in [7, 11) is 0. The quantitative estimate of drug-likeness (QED) is 0.683. The summed E-state index contributed by atoms with van der Waals surface area (Å²) in [5.41, 5.74) is 10.2. The average molecular weight is 178 g/mol. The van der Waals surface area contributed by atoms with E-state index >= 15 is 0 Å². The zero-order valence-corrected chi connectivity index (χ0v) is 8.81. The molecule has 72 valence electrons. The lowest BCUT2D eigenvalue weighted by molar-refractivity contribution is 0.897. The molecule has 0 spiro atoms. The molecule has 0 saturated heterocycles. The number of nitrogens with two attached hydrogens (primary N) is 1. The van der Waals surface area contributed by atoms with Gasteiger partial charge in [0.25, 0.3) is 0 Å². The second-order valence-electron chi connectivity index (χ2n) is 3.82. The smallest absolute Gasteiger partial charge is 0.0392 e. The summed E-state index contributed by atoms with van der Waals surface area (Å²) < 4.78 is 0. The molecule has 0 heterocycles. The van der Waals surface area contributed by atoms with E-state index in [-0.39, 0.29) is 0 Å². The van der Waals surface area contributed by atoms with Gasteiger partial charge in [-0.25, -0.2) is 0 Å². The van der Waals surface area contributed by atoms with Gasteiger partial charge in [0.1, 0.15) is 0 Å². The van der Waals surface area contributed by atoms with E-state index in [0.717, 1.165) is 16.9 Å². The van der Waals surface area contributed by atoms with E-state index in [0.29, 0.717) is 6.04 Å². The van der Waals surface area contributed by atoms with Gasteiger partial charge < -0.3 is 11.1 Å². The minimum Gasteiger partial charge on any atom is -0.398 e. The molecule has 3 N–H and O–H groups in total. The number of hydrogen-bond donors (Lipinski definition) is 2. The number of nitrogen functional groups attached to an aromatic ring is 1. The Morgan fingerprint density at radius 1 is 1.15 bits per heavy atom. The first-order valence-corrected chi connectivity index (χ1v) is 4.64. The van der Waals surface area contributed by atoms with E-state index < -0.39 is 0 Å². The molecule has 0 amide bonds. The van der Waals surface area contributed by atoms with E-state index in [1.807, 2.05) is 13.0 Å². The lowest BCUT2D eigenvalue weighted by Gasteiger charge is -2.14. The molecule has 0 aliphatic carbocycles. The van der Waals surface area contributed by atoms with Crippen molar-refractivity contribution in [1.29, 1.82) is 0 Å². The van der Waals surface area contributed by atoms with Crippen molar-refractivity contribution in [2.75, 3.05) is 11.1 Å². The number of hydrogen-bond acceptors (Lipinski definition) is 2. The highest BCUT2D eigenvalue weighted by atomic mass is 14.9. The monoisotopic (exact) mass is 178 g/mol. The Morgan fingerprint density at radius 2 is 1.77 bits per heavy atom. The van der Waals surface area contributed by atoms with Gasteiger partial charge in [0.15, 0.2) is 0 Å². The van der Waals surface area contributed by atoms with E-state index in [4.69, 9.17) is 5.73 Å². The first kappa shape index (κ1) is 9.90. The third-order valence-electron chi connectivity index (χ3n) is 2.06. The minimum atomic E-state index is 0.445. The standard InChI is InChI=1S/C11H18N2/c1-7(2)13-11-6-10(12)8(3)5-9(11)4/h5-7,13H,12H2,1-4H3. The average Bonchev–Trinajstić information content (AvgIpc) is 1.99. The predicted molar refractivity (Wildman–Crippen MR) is 59.1 cm³/mol. The van der Waals surface area contributed by atoms with Gasteiger partial charge in [0.2, 0.25) is 0 Å². The SMILES string of the molecule is Cc1cc(C)c(NC(C)C)cc1N. The summed E-state index contributed by atoms with van der Waals surface area (Å²) >= 11 is 0. The molecule has 0 aliphatic rings. The molecule has 0 radical (unpaired) electrons. The zero-order valence-electron chi connectivity index (χ0n) is 8.81. The normalized spacial score (nSPS) is 10.5. The maximum atomic E-state index is 5.83. The number of benzene rings is 1. The van der Waals surface area contributed by atoms with E-state index in [9.17, 15) is 0 Å². The van der Waals surface area contributed by atoms with Crippen LogP contribution in [-0.4, -0.2) is 6.04 Å². The zero-order chi connectivity index (χ0) is 10.0. The second-order valence-corrected chi connectivity index (χ2v) is 3.82. The molecule has 0 aromatic heterocycles. The van der Waals surface area contributed by atoms with Gasteiger partial charge in [0.05, 0.1) is 0 Å². The Bertz CT molecular complexity index is 303. The van der Waals surface area contributed by atoms with Crippen molar-refractivity contribution < 1.29 is 0 Å². The summed E-state index contributed by atoms with van der Waals surface area (Å²) in [4.78, 5) is 0. The van der Waals surface area contributed by atoms with Crippen LogP contribution in [0.5, 0.6) is 0 Å². The summed E-state index contributed by atoms with van der Waals surface area (Å²) in [5, 5.41) is 3.36. The summed E-state index contributed by atoms with van der Waals surface area (Å²) in [6.07, 6.45) is 0. The molecule has 0 atom stereocenters. The summed E-state index contributed by atoms with van der Waals surface area (Å²) in [6, 6.07) is 4.56. The molecule has 0 fully saturated rings. The number of nitrogens with one attached hydrogen (secondary N) is 1. The van der Waals surface area contributed by atoms with Crippen molar-refractivity contribution >= 4 is 11.4 Å². The van der Waals surface area contributed by atoms with Crippen LogP contribution in [0.1, 0.15) is 25.0 Å². The Balaban J connectivity index is 3.01. The van der Waals surface area contributed by atoms with Crippen molar-refractivity contribution in [2.24, 2.45) is 0 Å². The molecule has 2 heteroatoms. The first-order chi connectivity index (χ1) is 6.00. The van der Waals surface area contributed by atoms with Crippen LogP contribution in [0.3, 0.4) is 0 Å². The summed E-state index contributed by atoms with van der Waals surface area (Å²) in [5.74, 6) is 0.